The van der Waals surface area contributed by atoms with Crippen LogP contribution in [0.5, 0.6) is 0 Å². The second-order valence-electron chi connectivity index (χ2n) is 7.35. The number of hydrogen-bond donors (Lipinski definition) is 1. The second kappa shape index (κ2) is 8.87. The maximum absolute atomic E-state index is 15.0. The molecule has 1 N–H and O–H groups in total. The van der Waals surface area contributed by atoms with E-state index in [0.29, 0.717) is 34.4 Å². The lowest BCUT2D eigenvalue weighted by Crippen LogP contribution is -2.49. The number of likely N-dealkylation sites (tertiary alicyclic amines) is 1. The van der Waals surface area contributed by atoms with Gasteiger partial charge in [0.25, 0.3) is 5.91 Å². The Labute approximate surface area is 164 Å². The molecule has 0 bridgehead atoms. The molecule has 1 amide bonds. The Kier molecular flexibility index (Phi) is 6.78. The Hall–Kier alpha value is -0.880. The van der Waals surface area contributed by atoms with Gasteiger partial charge < -0.3 is 15.0 Å². The average Bonchev–Trinajstić information content (AvgIpc) is 2.62. The third kappa shape index (κ3) is 5.56. The maximum atomic E-state index is 15.0. The van der Waals surface area contributed by atoms with Crippen molar-refractivity contribution < 1.29 is 13.9 Å². The zero-order chi connectivity index (χ0) is 18.6. The zero-order valence-corrected chi connectivity index (χ0v) is 16.3. The van der Waals surface area contributed by atoms with E-state index in [4.69, 9.17) is 27.9 Å². The number of rotatable bonds is 5. The zero-order valence-electron chi connectivity index (χ0n) is 14.8. The number of benzene rings is 1. The fourth-order valence-corrected chi connectivity index (χ4v) is 4.16. The summed E-state index contributed by atoms with van der Waals surface area (Å²) >= 11 is 11.8. The van der Waals surface area contributed by atoms with Gasteiger partial charge in [-0.1, -0.05) is 23.2 Å². The molecule has 0 aliphatic carbocycles. The Morgan fingerprint density at radius 1 is 1.19 bits per heavy atom. The average molecular weight is 403 g/mol. The summed E-state index contributed by atoms with van der Waals surface area (Å²) < 4.78 is 20.4. The van der Waals surface area contributed by atoms with Gasteiger partial charge in [0.05, 0.1) is 6.54 Å². The quantitative estimate of drug-likeness (QED) is 0.810. The fraction of sp³-hybridized carbons (Fsp3) is 0.632. The number of piperidine rings is 1. The van der Waals surface area contributed by atoms with Crippen LogP contribution in [0.15, 0.2) is 18.2 Å². The van der Waals surface area contributed by atoms with Gasteiger partial charge in [-0.15, -0.1) is 0 Å². The van der Waals surface area contributed by atoms with Gasteiger partial charge in [-0.2, -0.15) is 0 Å². The van der Waals surface area contributed by atoms with E-state index in [1.54, 1.807) is 6.07 Å². The molecule has 0 unspecified atom stereocenters. The van der Waals surface area contributed by atoms with Gasteiger partial charge in [0.15, 0.2) is 0 Å². The largest absolute Gasteiger partial charge is 0.381 e. The van der Waals surface area contributed by atoms with Crippen LogP contribution in [0.2, 0.25) is 10.0 Å². The van der Waals surface area contributed by atoms with Gasteiger partial charge in [-0.3, -0.25) is 4.79 Å². The number of carbonyl (C=O) groups excluding carboxylic acids is 1. The van der Waals surface area contributed by atoms with Crippen LogP contribution in [0.4, 0.5) is 4.39 Å². The molecule has 0 aromatic heterocycles. The molecule has 0 saturated carbocycles. The number of hydrogen-bond acceptors (Lipinski definition) is 3. The summed E-state index contributed by atoms with van der Waals surface area (Å²) in [4.78, 5) is 14.6. The van der Waals surface area contributed by atoms with Gasteiger partial charge >= 0.3 is 0 Å². The van der Waals surface area contributed by atoms with Crippen LogP contribution in [0.25, 0.3) is 0 Å². The molecular weight excluding hydrogens is 378 g/mol. The molecule has 26 heavy (non-hydrogen) atoms. The summed E-state index contributed by atoms with van der Waals surface area (Å²) in [5.74, 6) is 0.305. The topological polar surface area (TPSA) is 41.6 Å². The normalized spacial score (nSPS) is 21.5. The number of ether oxygens (including phenoxy) is 1. The molecule has 0 radical (unpaired) electrons. The van der Waals surface area contributed by atoms with E-state index < -0.39 is 5.67 Å². The molecule has 0 spiro atoms. The van der Waals surface area contributed by atoms with E-state index in [0.717, 1.165) is 45.7 Å². The number of amides is 1. The van der Waals surface area contributed by atoms with E-state index in [2.05, 4.69) is 10.2 Å². The molecule has 1 aromatic carbocycles. The van der Waals surface area contributed by atoms with Gasteiger partial charge in [0, 0.05) is 48.5 Å². The Morgan fingerprint density at radius 3 is 2.42 bits per heavy atom. The Bertz CT molecular complexity index is 610. The van der Waals surface area contributed by atoms with Crippen molar-refractivity contribution in [3.05, 3.63) is 33.8 Å². The molecule has 2 heterocycles. The van der Waals surface area contributed by atoms with Crippen LogP contribution in [0.3, 0.4) is 0 Å². The Morgan fingerprint density at radius 2 is 1.81 bits per heavy atom. The number of carbonyl (C=O) groups is 1. The van der Waals surface area contributed by atoms with Gasteiger partial charge in [0.1, 0.15) is 5.67 Å². The molecular formula is C19H25Cl2FN2O2. The lowest BCUT2D eigenvalue weighted by Gasteiger charge is -2.38. The number of alkyl halides is 1. The third-order valence-electron chi connectivity index (χ3n) is 5.30. The summed E-state index contributed by atoms with van der Waals surface area (Å²) in [6, 6.07) is 4.62. The summed E-state index contributed by atoms with van der Waals surface area (Å²) in [6.07, 6.45) is 3.06. The van der Waals surface area contributed by atoms with Gasteiger partial charge in [-0.25, -0.2) is 4.39 Å². The van der Waals surface area contributed by atoms with Crippen LogP contribution in [-0.4, -0.2) is 55.9 Å². The highest BCUT2D eigenvalue weighted by Gasteiger charge is 2.35. The van der Waals surface area contributed by atoms with Crippen molar-refractivity contribution in [3.63, 3.8) is 0 Å². The minimum atomic E-state index is -1.36. The number of halogens is 3. The van der Waals surface area contributed by atoms with Gasteiger partial charge in [-0.05, 0) is 49.8 Å². The summed E-state index contributed by atoms with van der Waals surface area (Å²) in [5, 5.41) is 3.47. The van der Waals surface area contributed by atoms with Crippen molar-refractivity contribution in [2.24, 2.45) is 5.92 Å². The highest BCUT2D eigenvalue weighted by Crippen LogP contribution is 2.28. The maximum Gasteiger partial charge on any atom is 0.251 e. The molecule has 2 saturated heterocycles. The van der Waals surface area contributed by atoms with Crippen molar-refractivity contribution in [2.75, 3.05) is 39.4 Å². The molecule has 7 heteroatoms. The lowest BCUT2D eigenvalue weighted by molar-refractivity contribution is 0.0242. The van der Waals surface area contributed by atoms with E-state index in [-0.39, 0.29) is 12.5 Å². The van der Waals surface area contributed by atoms with Crippen molar-refractivity contribution in [1.82, 2.24) is 10.2 Å². The first-order chi connectivity index (χ1) is 12.4. The molecule has 2 fully saturated rings. The Balaban J connectivity index is 1.45. The van der Waals surface area contributed by atoms with Crippen molar-refractivity contribution in [1.29, 1.82) is 0 Å². The fourth-order valence-electron chi connectivity index (χ4n) is 3.63. The van der Waals surface area contributed by atoms with E-state index in [1.807, 2.05) is 0 Å². The first-order valence-corrected chi connectivity index (χ1v) is 9.92. The van der Waals surface area contributed by atoms with E-state index >= 15 is 4.39 Å². The summed E-state index contributed by atoms with van der Waals surface area (Å²) in [5.41, 5.74) is -1.01. The van der Waals surface area contributed by atoms with Crippen LogP contribution < -0.4 is 5.32 Å². The number of nitrogens with one attached hydrogen (secondary N) is 1. The standard InChI is InChI=1S/C19H25Cl2FN2O2/c20-16-9-15(10-17(21)11-16)18(25)23-13-19(22)3-5-24(6-4-19)12-14-1-7-26-8-2-14/h9-11,14H,1-8,12-13H2,(H,23,25). The number of nitrogens with zero attached hydrogens (tertiary/aromatic N) is 1. The monoisotopic (exact) mass is 402 g/mol. The van der Waals surface area contributed by atoms with Crippen LogP contribution in [0, 0.1) is 5.92 Å². The van der Waals surface area contributed by atoms with Crippen LogP contribution in [0.1, 0.15) is 36.0 Å². The predicted octanol–water partition coefficient (Wildman–Crippen LogP) is 3.95. The highest BCUT2D eigenvalue weighted by molar-refractivity contribution is 6.35. The van der Waals surface area contributed by atoms with Crippen LogP contribution >= 0.6 is 23.2 Å². The highest BCUT2D eigenvalue weighted by atomic mass is 35.5. The van der Waals surface area contributed by atoms with Crippen molar-refractivity contribution in [3.8, 4) is 0 Å². The molecule has 1 aromatic rings. The smallest absolute Gasteiger partial charge is 0.251 e. The minimum absolute atomic E-state index is 0.0150. The SMILES string of the molecule is O=C(NCC1(F)CCN(CC2CCOCC2)CC1)c1cc(Cl)cc(Cl)c1. The minimum Gasteiger partial charge on any atom is -0.381 e. The third-order valence-corrected chi connectivity index (χ3v) is 5.74. The van der Waals surface area contributed by atoms with Crippen molar-refractivity contribution >= 4 is 29.1 Å². The van der Waals surface area contributed by atoms with Crippen LogP contribution in [-0.2, 0) is 4.74 Å². The molecule has 4 nitrogen and oxygen atoms in total. The first kappa shape index (κ1) is 19.9. The lowest BCUT2D eigenvalue weighted by atomic mass is 9.91. The van der Waals surface area contributed by atoms with E-state index in [9.17, 15) is 4.79 Å². The summed E-state index contributed by atoms with van der Waals surface area (Å²) in [7, 11) is 0. The molecule has 144 valence electrons. The molecule has 0 atom stereocenters. The second-order valence-corrected chi connectivity index (χ2v) is 8.22. The van der Waals surface area contributed by atoms with Gasteiger partial charge in [0.2, 0.25) is 0 Å². The summed E-state index contributed by atoms with van der Waals surface area (Å²) in [6.45, 7) is 4.17. The predicted molar refractivity (Wildman–Crippen MR) is 102 cm³/mol. The van der Waals surface area contributed by atoms with Crippen molar-refractivity contribution in [2.45, 2.75) is 31.4 Å². The molecule has 2 aliphatic heterocycles. The van der Waals surface area contributed by atoms with E-state index in [1.165, 1.54) is 12.1 Å². The molecule has 3 rings (SSSR count). The molecule has 2 aliphatic rings. The first-order valence-electron chi connectivity index (χ1n) is 9.17.